The van der Waals surface area contributed by atoms with E-state index < -0.39 is 0 Å². The highest BCUT2D eigenvalue weighted by atomic mass is 127. The van der Waals surface area contributed by atoms with Gasteiger partial charge in [-0.15, -0.1) is 0 Å². The normalized spacial score (nSPS) is 10.8. The average Bonchev–Trinajstić information content (AvgIpc) is 2.77. The summed E-state index contributed by atoms with van der Waals surface area (Å²) in [6.45, 7) is 3.59. The van der Waals surface area contributed by atoms with Crippen LogP contribution >= 0.6 is 22.6 Å². The molecule has 0 unspecified atom stereocenters. The van der Waals surface area contributed by atoms with Crippen molar-refractivity contribution in [1.82, 2.24) is 5.43 Å². The first kappa shape index (κ1) is 22.0. The molecular formula is C24H25IN2O3. The molecule has 0 aliphatic rings. The summed E-state index contributed by atoms with van der Waals surface area (Å²) in [5.74, 6) is 2.26. The maximum Gasteiger partial charge on any atom is 0.161 e. The van der Waals surface area contributed by atoms with Crippen LogP contribution in [0.2, 0.25) is 0 Å². The molecule has 5 nitrogen and oxygen atoms in total. The number of hydrazone groups is 1. The summed E-state index contributed by atoms with van der Waals surface area (Å²) in [5.41, 5.74) is 6.15. The monoisotopic (exact) mass is 516 g/mol. The van der Waals surface area contributed by atoms with Crippen molar-refractivity contribution in [3.63, 3.8) is 0 Å². The summed E-state index contributed by atoms with van der Waals surface area (Å²) in [6.07, 6.45) is 1.76. The van der Waals surface area contributed by atoms with Gasteiger partial charge in [0.05, 0.1) is 26.5 Å². The van der Waals surface area contributed by atoms with Gasteiger partial charge in [0.15, 0.2) is 11.5 Å². The summed E-state index contributed by atoms with van der Waals surface area (Å²) in [4.78, 5) is 0. The molecule has 6 heteroatoms. The third kappa shape index (κ3) is 6.38. The van der Waals surface area contributed by atoms with E-state index in [1.54, 1.807) is 13.3 Å². The Morgan fingerprint density at radius 3 is 2.50 bits per heavy atom. The highest BCUT2D eigenvalue weighted by Crippen LogP contribution is 2.29. The van der Waals surface area contributed by atoms with Crippen LogP contribution in [0.25, 0.3) is 0 Å². The standard InChI is InChI=1S/C24H25IN2O3/c1-3-29-24-14-19(15-26-27-16-20-6-4-5-7-22(20)28-2)10-13-23(24)30-17-18-8-11-21(25)12-9-18/h4-15,27H,3,16-17H2,1-2H3/b26-15-. The summed E-state index contributed by atoms with van der Waals surface area (Å²) in [6, 6.07) is 21.9. The maximum atomic E-state index is 5.98. The van der Waals surface area contributed by atoms with Gasteiger partial charge in [0, 0.05) is 9.13 Å². The topological polar surface area (TPSA) is 52.1 Å². The van der Waals surface area contributed by atoms with Crippen LogP contribution in [0.15, 0.2) is 71.8 Å². The predicted molar refractivity (Wildman–Crippen MR) is 129 cm³/mol. The molecule has 0 amide bonds. The molecule has 1 N–H and O–H groups in total. The quantitative estimate of drug-likeness (QED) is 0.223. The molecule has 3 aromatic carbocycles. The second kappa shape index (κ2) is 11.4. The number of hydrogen-bond donors (Lipinski definition) is 1. The lowest BCUT2D eigenvalue weighted by molar-refractivity contribution is 0.269. The number of rotatable bonds is 10. The van der Waals surface area contributed by atoms with Gasteiger partial charge < -0.3 is 19.6 Å². The summed E-state index contributed by atoms with van der Waals surface area (Å²) in [7, 11) is 1.67. The fraction of sp³-hybridized carbons (Fsp3) is 0.208. The molecule has 0 aliphatic carbocycles. The molecule has 0 aliphatic heterocycles. The van der Waals surface area contributed by atoms with Crippen molar-refractivity contribution in [1.29, 1.82) is 0 Å². The number of para-hydroxylation sites is 1. The van der Waals surface area contributed by atoms with E-state index in [-0.39, 0.29) is 0 Å². The lowest BCUT2D eigenvalue weighted by Crippen LogP contribution is -2.07. The van der Waals surface area contributed by atoms with Crippen molar-refractivity contribution < 1.29 is 14.2 Å². The minimum absolute atomic E-state index is 0.491. The Morgan fingerprint density at radius 2 is 1.73 bits per heavy atom. The Balaban J connectivity index is 1.62. The van der Waals surface area contributed by atoms with Gasteiger partial charge in [0.2, 0.25) is 0 Å². The highest BCUT2D eigenvalue weighted by Gasteiger charge is 2.07. The first-order valence-corrected chi connectivity index (χ1v) is 10.8. The molecule has 3 rings (SSSR count). The van der Waals surface area contributed by atoms with Crippen LogP contribution in [-0.4, -0.2) is 19.9 Å². The molecule has 0 spiro atoms. The molecule has 0 radical (unpaired) electrons. The Kier molecular flexibility index (Phi) is 8.38. The van der Waals surface area contributed by atoms with Crippen LogP contribution in [-0.2, 0) is 13.2 Å². The lowest BCUT2D eigenvalue weighted by Gasteiger charge is -2.13. The van der Waals surface area contributed by atoms with E-state index in [2.05, 4.69) is 57.4 Å². The highest BCUT2D eigenvalue weighted by molar-refractivity contribution is 14.1. The minimum atomic E-state index is 0.491. The number of nitrogens with one attached hydrogen (secondary N) is 1. The maximum absolute atomic E-state index is 5.98. The predicted octanol–water partition coefficient (Wildman–Crippen LogP) is 5.40. The van der Waals surface area contributed by atoms with E-state index in [0.717, 1.165) is 28.2 Å². The fourth-order valence-electron chi connectivity index (χ4n) is 2.83. The third-order valence-corrected chi connectivity index (χ3v) is 5.06. The zero-order chi connectivity index (χ0) is 21.2. The Labute approximate surface area is 191 Å². The van der Waals surface area contributed by atoms with Crippen LogP contribution in [0.3, 0.4) is 0 Å². The van der Waals surface area contributed by atoms with Gasteiger partial charge >= 0.3 is 0 Å². The van der Waals surface area contributed by atoms with Gasteiger partial charge in [0.25, 0.3) is 0 Å². The van der Waals surface area contributed by atoms with Crippen molar-refractivity contribution in [3.05, 3.63) is 87.0 Å². The third-order valence-electron chi connectivity index (χ3n) is 4.34. The summed E-state index contributed by atoms with van der Waals surface area (Å²) < 4.78 is 18.3. The average molecular weight is 516 g/mol. The van der Waals surface area contributed by atoms with Crippen LogP contribution in [0.5, 0.6) is 17.2 Å². The van der Waals surface area contributed by atoms with Crippen molar-refractivity contribution in [2.45, 2.75) is 20.1 Å². The van der Waals surface area contributed by atoms with Gasteiger partial charge in [-0.1, -0.05) is 30.3 Å². The SMILES string of the molecule is CCOc1cc(/C=N\NCc2ccccc2OC)ccc1OCc1ccc(I)cc1. The van der Waals surface area contributed by atoms with Gasteiger partial charge in [-0.3, -0.25) is 0 Å². The molecule has 156 valence electrons. The van der Waals surface area contributed by atoms with Crippen molar-refractivity contribution >= 4 is 28.8 Å². The molecule has 0 aromatic heterocycles. The molecule has 0 saturated carbocycles. The van der Waals surface area contributed by atoms with Gasteiger partial charge in [-0.05, 0) is 77.0 Å². The number of methoxy groups -OCH3 is 1. The molecule has 30 heavy (non-hydrogen) atoms. The first-order valence-electron chi connectivity index (χ1n) is 9.71. The zero-order valence-electron chi connectivity index (χ0n) is 17.1. The molecule has 0 fully saturated rings. The van der Waals surface area contributed by atoms with Gasteiger partial charge in [-0.2, -0.15) is 5.10 Å². The molecule has 0 atom stereocenters. The van der Waals surface area contributed by atoms with E-state index in [1.807, 2.05) is 49.4 Å². The van der Waals surface area contributed by atoms with Crippen molar-refractivity contribution in [3.8, 4) is 17.2 Å². The number of hydrogen-bond acceptors (Lipinski definition) is 5. The molecular weight excluding hydrogens is 491 g/mol. The largest absolute Gasteiger partial charge is 0.496 e. The zero-order valence-corrected chi connectivity index (χ0v) is 19.3. The lowest BCUT2D eigenvalue weighted by atomic mass is 10.2. The molecule has 3 aromatic rings. The van der Waals surface area contributed by atoms with E-state index >= 15 is 0 Å². The summed E-state index contributed by atoms with van der Waals surface area (Å²) in [5, 5.41) is 4.32. The number of ether oxygens (including phenoxy) is 3. The number of halogens is 1. The Hall–Kier alpha value is -2.74. The summed E-state index contributed by atoms with van der Waals surface area (Å²) >= 11 is 2.29. The van der Waals surface area contributed by atoms with E-state index in [4.69, 9.17) is 14.2 Å². The second-order valence-electron chi connectivity index (χ2n) is 6.46. The van der Waals surface area contributed by atoms with Gasteiger partial charge in [0.1, 0.15) is 12.4 Å². The van der Waals surface area contributed by atoms with Crippen molar-refractivity contribution in [2.75, 3.05) is 13.7 Å². The second-order valence-corrected chi connectivity index (χ2v) is 7.70. The number of nitrogens with zero attached hydrogens (tertiary/aromatic N) is 1. The molecule has 0 heterocycles. The van der Waals surface area contributed by atoms with E-state index in [1.165, 1.54) is 3.57 Å². The van der Waals surface area contributed by atoms with Gasteiger partial charge in [-0.25, -0.2) is 0 Å². The van der Waals surface area contributed by atoms with E-state index in [9.17, 15) is 0 Å². The molecule has 0 bridgehead atoms. The Bertz CT molecular complexity index is 974. The Morgan fingerprint density at radius 1 is 0.933 bits per heavy atom. The van der Waals surface area contributed by atoms with Crippen LogP contribution in [0.4, 0.5) is 0 Å². The number of benzene rings is 3. The van der Waals surface area contributed by atoms with Crippen molar-refractivity contribution in [2.24, 2.45) is 5.10 Å². The minimum Gasteiger partial charge on any atom is -0.496 e. The van der Waals surface area contributed by atoms with Crippen LogP contribution < -0.4 is 19.6 Å². The molecule has 0 saturated heterocycles. The smallest absolute Gasteiger partial charge is 0.161 e. The van der Waals surface area contributed by atoms with Crippen LogP contribution in [0, 0.1) is 3.57 Å². The fourth-order valence-corrected chi connectivity index (χ4v) is 3.19. The van der Waals surface area contributed by atoms with Crippen LogP contribution in [0.1, 0.15) is 23.6 Å². The van der Waals surface area contributed by atoms with E-state index in [0.29, 0.717) is 25.5 Å². The first-order chi connectivity index (χ1) is 14.7.